The van der Waals surface area contributed by atoms with Crippen LogP contribution in [0, 0.1) is 0 Å². The molecule has 1 aliphatic heterocycles. The van der Waals surface area contributed by atoms with Crippen LogP contribution in [0.3, 0.4) is 0 Å². The van der Waals surface area contributed by atoms with Crippen molar-refractivity contribution in [2.45, 2.75) is 62.0 Å². The number of nitrogens with zero attached hydrogens (tertiary/aromatic N) is 1. The van der Waals surface area contributed by atoms with E-state index in [1.165, 1.54) is 11.2 Å². The lowest BCUT2D eigenvalue weighted by atomic mass is 9.93. The van der Waals surface area contributed by atoms with E-state index in [1.807, 2.05) is 0 Å². The van der Waals surface area contributed by atoms with Gasteiger partial charge in [-0.2, -0.15) is 0 Å². The van der Waals surface area contributed by atoms with Crippen LogP contribution in [-0.2, 0) is 24.2 Å². The second kappa shape index (κ2) is 6.54. The number of aliphatic carboxylic acids is 1. The fourth-order valence-electron chi connectivity index (χ4n) is 3.41. The standard InChI is InChI=1S/C14H23NO6S/c1-15(9-5-3-4-6-12(9)22(2,19)20)13(16)10-7-8-11(21-10)14(17)18/h9-12H,3-8H2,1-2H3,(H,17,18)/t9?,10-,11+,12?/m0/s1. The summed E-state index contributed by atoms with van der Waals surface area (Å²) in [6.45, 7) is 0. The zero-order valence-electron chi connectivity index (χ0n) is 12.9. The Morgan fingerprint density at radius 2 is 1.68 bits per heavy atom. The molecule has 0 aromatic heterocycles. The highest BCUT2D eigenvalue weighted by Gasteiger charge is 2.41. The normalized spacial score (nSPS) is 32.6. The summed E-state index contributed by atoms with van der Waals surface area (Å²) in [5.41, 5.74) is 0. The topological polar surface area (TPSA) is 101 Å². The molecule has 1 saturated carbocycles. The van der Waals surface area contributed by atoms with E-state index in [1.54, 1.807) is 7.05 Å². The van der Waals surface area contributed by atoms with Gasteiger partial charge in [0.15, 0.2) is 15.9 Å². The molecule has 1 N–H and O–H groups in total. The van der Waals surface area contributed by atoms with E-state index in [-0.39, 0.29) is 11.9 Å². The second-order valence-corrected chi connectivity index (χ2v) is 8.46. The van der Waals surface area contributed by atoms with Gasteiger partial charge in [0.2, 0.25) is 0 Å². The van der Waals surface area contributed by atoms with Crippen LogP contribution in [-0.4, -0.2) is 67.1 Å². The van der Waals surface area contributed by atoms with Gasteiger partial charge in [0, 0.05) is 19.3 Å². The maximum atomic E-state index is 12.5. The molecule has 2 aliphatic rings. The number of amides is 1. The Balaban J connectivity index is 2.07. The van der Waals surface area contributed by atoms with Crippen molar-refractivity contribution in [3.05, 3.63) is 0 Å². The molecule has 0 radical (unpaired) electrons. The van der Waals surface area contributed by atoms with Gasteiger partial charge in [0.25, 0.3) is 5.91 Å². The van der Waals surface area contributed by atoms with Gasteiger partial charge in [-0.15, -0.1) is 0 Å². The molecule has 126 valence electrons. The number of carboxylic acids is 1. The van der Waals surface area contributed by atoms with Crippen molar-refractivity contribution in [2.24, 2.45) is 0 Å². The van der Waals surface area contributed by atoms with Crippen LogP contribution in [0.2, 0.25) is 0 Å². The predicted octanol–water partition coefficient (Wildman–Crippen LogP) is 0.433. The highest BCUT2D eigenvalue weighted by Crippen LogP contribution is 2.29. The summed E-state index contributed by atoms with van der Waals surface area (Å²) in [6, 6.07) is -0.358. The Bertz CT molecular complexity index is 546. The molecule has 1 aliphatic carbocycles. The van der Waals surface area contributed by atoms with Crippen molar-refractivity contribution in [1.82, 2.24) is 4.90 Å². The van der Waals surface area contributed by atoms with Gasteiger partial charge in [0.05, 0.1) is 5.25 Å². The van der Waals surface area contributed by atoms with Crippen LogP contribution in [0.5, 0.6) is 0 Å². The minimum Gasteiger partial charge on any atom is -0.479 e. The van der Waals surface area contributed by atoms with Crippen LogP contribution in [0.15, 0.2) is 0 Å². The molecule has 0 spiro atoms. The van der Waals surface area contributed by atoms with Gasteiger partial charge in [-0.25, -0.2) is 13.2 Å². The lowest BCUT2D eigenvalue weighted by Gasteiger charge is -2.37. The Morgan fingerprint density at radius 1 is 1.09 bits per heavy atom. The third-order valence-electron chi connectivity index (χ3n) is 4.63. The van der Waals surface area contributed by atoms with E-state index in [0.717, 1.165) is 12.8 Å². The Labute approximate surface area is 130 Å². The number of sulfone groups is 1. The molecule has 0 aromatic rings. The van der Waals surface area contributed by atoms with Gasteiger partial charge >= 0.3 is 5.97 Å². The molecule has 22 heavy (non-hydrogen) atoms. The maximum absolute atomic E-state index is 12.5. The second-order valence-electron chi connectivity index (χ2n) is 6.20. The zero-order valence-corrected chi connectivity index (χ0v) is 13.7. The Hall–Kier alpha value is -1.15. The Kier molecular flexibility index (Phi) is 5.11. The number of carbonyl (C=O) groups excluding carboxylic acids is 1. The van der Waals surface area contributed by atoms with Gasteiger partial charge < -0.3 is 14.7 Å². The average Bonchev–Trinajstić information content (AvgIpc) is 2.95. The van der Waals surface area contributed by atoms with E-state index in [9.17, 15) is 18.0 Å². The van der Waals surface area contributed by atoms with Crippen molar-refractivity contribution < 1.29 is 27.9 Å². The number of likely N-dealkylation sites (N-methyl/N-ethyl adjacent to an activating group) is 1. The number of ether oxygens (including phenoxy) is 1. The summed E-state index contributed by atoms with van der Waals surface area (Å²) in [7, 11) is -1.64. The van der Waals surface area contributed by atoms with Gasteiger partial charge in [-0.05, 0) is 25.7 Å². The van der Waals surface area contributed by atoms with Crippen LogP contribution < -0.4 is 0 Å². The quantitative estimate of drug-likeness (QED) is 0.801. The van der Waals surface area contributed by atoms with E-state index in [0.29, 0.717) is 25.7 Å². The molecule has 1 saturated heterocycles. The lowest BCUT2D eigenvalue weighted by molar-refractivity contribution is -0.155. The van der Waals surface area contributed by atoms with Crippen molar-refractivity contribution in [3.8, 4) is 0 Å². The number of hydrogen-bond donors (Lipinski definition) is 1. The van der Waals surface area contributed by atoms with Crippen molar-refractivity contribution >= 4 is 21.7 Å². The van der Waals surface area contributed by atoms with Crippen LogP contribution in [0.25, 0.3) is 0 Å². The average molecular weight is 333 g/mol. The highest BCUT2D eigenvalue weighted by molar-refractivity contribution is 7.91. The molecular formula is C14H23NO6S. The predicted molar refractivity (Wildman–Crippen MR) is 79.2 cm³/mol. The number of rotatable bonds is 4. The molecular weight excluding hydrogens is 310 g/mol. The fourth-order valence-corrected chi connectivity index (χ4v) is 4.89. The molecule has 1 amide bonds. The molecule has 0 bridgehead atoms. The lowest BCUT2D eigenvalue weighted by Crippen LogP contribution is -2.51. The summed E-state index contributed by atoms with van der Waals surface area (Å²) >= 11 is 0. The van der Waals surface area contributed by atoms with Crippen molar-refractivity contribution in [3.63, 3.8) is 0 Å². The fraction of sp³-hybridized carbons (Fsp3) is 0.857. The van der Waals surface area contributed by atoms with E-state index in [4.69, 9.17) is 9.84 Å². The molecule has 2 unspecified atom stereocenters. The first-order valence-electron chi connectivity index (χ1n) is 7.55. The summed E-state index contributed by atoms with van der Waals surface area (Å²) in [4.78, 5) is 24.9. The van der Waals surface area contributed by atoms with E-state index in [2.05, 4.69) is 0 Å². The van der Waals surface area contributed by atoms with E-state index >= 15 is 0 Å². The largest absolute Gasteiger partial charge is 0.479 e. The molecule has 1 heterocycles. The summed E-state index contributed by atoms with van der Waals surface area (Å²) in [5, 5.41) is 8.37. The number of carboxylic acid groups (broad SMARTS) is 1. The monoisotopic (exact) mass is 333 g/mol. The minimum absolute atomic E-state index is 0.305. The first-order valence-corrected chi connectivity index (χ1v) is 9.51. The molecule has 2 fully saturated rings. The Morgan fingerprint density at radius 3 is 2.23 bits per heavy atom. The first-order chi connectivity index (χ1) is 10.2. The van der Waals surface area contributed by atoms with Crippen LogP contribution in [0.1, 0.15) is 38.5 Å². The summed E-state index contributed by atoms with van der Waals surface area (Å²) in [5.74, 6) is -1.38. The summed E-state index contributed by atoms with van der Waals surface area (Å²) in [6.07, 6.45) is 3.08. The van der Waals surface area contributed by atoms with Crippen LogP contribution >= 0.6 is 0 Å². The minimum atomic E-state index is -3.23. The molecule has 0 aromatic carbocycles. The van der Waals surface area contributed by atoms with Crippen molar-refractivity contribution in [2.75, 3.05) is 13.3 Å². The smallest absolute Gasteiger partial charge is 0.332 e. The molecule has 8 heteroatoms. The first kappa shape index (κ1) is 17.2. The SMILES string of the molecule is CN(C(=O)[C@@H]1CC[C@H](C(=O)O)O1)C1CCCCC1S(C)(=O)=O. The number of carbonyl (C=O) groups is 2. The number of hydrogen-bond acceptors (Lipinski definition) is 5. The molecule has 7 nitrogen and oxygen atoms in total. The van der Waals surface area contributed by atoms with Crippen LogP contribution in [0.4, 0.5) is 0 Å². The third kappa shape index (κ3) is 3.60. The van der Waals surface area contributed by atoms with Gasteiger partial charge in [0.1, 0.15) is 6.10 Å². The third-order valence-corrected chi connectivity index (χ3v) is 6.28. The zero-order chi connectivity index (χ0) is 16.5. The maximum Gasteiger partial charge on any atom is 0.332 e. The summed E-state index contributed by atoms with van der Waals surface area (Å²) < 4.78 is 29.2. The van der Waals surface area contributed by atoms with E-state index < -0.39 is 33.3 Å². The molecule has 2 rings (SSSR count). The van der Waals surface area contributed by atoms with Crippen molar-refractivity contribution in [1.29, 1.82) is 0 Å². The molecule has 4 atom stereocenters. The van der Waals surface area contributed by atoms with Gasteiger partial charge in [-0.3, -0.25) is 4.79 Å². The van der Waals surface area contributed by atoms with Gasteiger partial charge in [-0.1, -0.05) is 12.8 Å². The highest BCUT2D eigenvalue weighted by atomic mass is 32.2.